The van der Waals surface area contributed by atoms with E-state index in [9.17, 15) is 0 Å². The molecule has 3 aromatic carbocycles. The lowest BCUT2D eigenvalue weighted by atomic mass is 10.1. The molecular formula is C20H18O3. The molecule has 0 amide bonds. The lowest BCUT2D eigenvalue weighted by Gasteiger charge is -2.04. The van der Waals surface area contributed by atoms with Crippen molar-refractivity contribution in [2.75, 3.05) is 0 Å². The van der Waals surface area contributed by atoms with Crippen molar-refractivity contribution in [3.63, 3.8) is 0 Å². The van der Waals surface area contributed by atoms with Crippen molar-refractivity contribution in [1.29, 1.82) is 0 Å². The van der Waals surface area contributed by atoms with Gasteiger partial charge in [-0.1, -0.05) is 66.7 Å². The number of hydrogen-bond acceptors (Lipinski definition) is 3. The number of benzene rings is 3. The maximum absolute atomic E-state index is 5.74. The Kier molecular flexibility index (Phi) is 4.07. The van der Waals surface area contributed by atoms with Crippen LogP contribution in [0.1, 0.15) is 11.1 Å². The van der Waals surface area contributed by atoms with Gasteiger partial charge in [-0.05, 0) is 28.0 Å². The first-order valence-corrected chi connectivity index (χ1v) is 7.79. The van der Waals surface area contributed by atoms with E-state index < -0.39 is 0 Å². The summed E-state index contributed by atoms with van der Waals surface area (Å²) in [6.45, 7) is 1.07. The van der Waals surface area contributed by atoms with Gasteiger partial charge >= 0.3 is 0 Å². The minimum absolute atomic E-state index is 0.254. The summed E-state index contributed by atoms with van der Waals surface area (Å²) in [5.41, 5.74) is 2.28. The predicted octanol–water partition coefficient (Wildman–Crippen LogP) is 4.26. The summed E-state index contributed by atoms with van der Waals surface area (Å²) in [5, 5.41) is 2.46. The molecule has 0 spiro atoms. The highest BCUT2D eigenvalue weighted by atomic mass is 16.9. The summed E-state index contributed by atoms with van der Waals surface area (Å²) in [7, 11) is 0. The van der Waals surface area contributed by atoms with Crippen LogP contribution in [-0.2, 0) is 27.4 Å². The molecule has 0 radical (unpaired) electrons. The second-order valence-corrected chi connectivity index (χ2v) is 5.66. The fourth-order valence-corrected chi connectivity index (χ4v) is 2.58. The van der Waals surface area contributed by atoms with Gasteiger partial charge in [0, 0.05) is 0 Å². The van der Waals surface area contributed by atoms with E-state index in [2.05, 4.69) is 30.3 Å². The summed E-state index contributed by atoms with van der Waals surface area (Å²) in [4.78, 5) is 0. The molecule has 0 aliphatic carbocycles. The Labute approximate surface area is 135 Å². The van der Waals surface area contributed by atoms with Gasteiger partial charge in [-0.25, -0.2) is 0 Å². The highest BCUT2D eigenvalue weighted by Gasteiger charge is 2.41. The third-order valence-corrected chi connectivity index (χ3v) is 3.90. The van der Waals surface area contributed by atoms with E-state index in [0.717, 1.165) is 11.1 Å². The molecule has 0 aromatic heterocycles. The Morgan fingerprint density at radius 2 is 1.30 bits per heavy atom. The lowest BCUT2D eigenvalue weighted by Crippen LogP contribution is -2.04. The van der Waals surface area contributed by atoms with Crippen molar-refractivity contribution in [3.8, 4) is 0 Å². The third kappa shape index (κ3) is 3.59. The van der Waals surface area contributed by atoms with E-state index in [4.69, 9.17) is 14.2 Å². The van der Waals surface area contributed by atoms with Gasteiger partial charge < -0.3 is 14.2 Å². The number of rotatable bonds is 6. The first-order valence-electron chi connectivity index (χ1n) is 7.79. The van der Waals surface area contributed by atoms with Crippen molar-refractivity contribution < 1.29 is 14.2 Å². The fourth-order valence-electron chi connectivity index (χ4n) is 2.58. The molecule has 0 N–H and O–H groups in total. The highest BCUT2D eigenvalue weighted by molar-refractivity contribution is 5.82. The van der Waals surface area contributed by atoms with Gasteiger partial charge in [0.05, 0.1) is 13.2 Å². The maximum Gasteiger partial charge on any atom is 0.212 e. The molecule has 0 saturated carbocycles. The minimum atomic E-state index is -0.259. The second kappa shape index (κ2) is 6.50. The highest BCUT2D eigenvalue weighted by Crippen LogP contribution is 2.27. The number of ether oxygens (including phenoxy) is 3. The van der Waals surface area contributed by atoms with Crippen LogP contribution in [0.4, 0.5) is 0 Å². The average Bonchev–Trinajstić information content (AvgIpc) is 3.37. The summed E-state index contributed by atoms with van der Waals surface area (Å²) >= 11 is 0. The van der Waals surface area contributed by atoms with Crippen LogP contribution < -0.4 is 0 Å². The zero-order valence-corrected chi connectivity index (χ0v) is 12.7. The zero-order valence-electron chi connectivity index (χ0n) is 12.7. The summed E-state index contributed by atoms with van der Waals surface area (Å²) in [6, 6.07) is 24.7. The normalized spacial score (nSPS) is 19.8. The van der Waals surface area contributed by atoms with Crippen molar-refractivity contribution in [1.82, 2.24) is 0 Å². The maximum atomic E-state index is 5.74. The molecule has 116 valence electrons. The van der Waals surface area contributed by atoms with Crippen LogP contribution in [0.3, 0.4) is 0 Å². The predicted molar refractivity (Wildman–Crippen MR) is 88.6 cm³/mol. The van der Waals surface area contributed by atoms with E-state index in [1.807, 2.05) is 42.5 Å². The Morgan fingerprint density at radius 3 is 2.09 bits per heavy atom. The smallest absolute Gasteiger partial charge is 0.212 e. The van der Waals surface area contributed by atoms with Gasteiger partial charge in [-0.3, -0.25) is 0 Å². The third-order valence-electron chi connectivity index (χ3n) is 3.90. The Bertz CT molecular complexity index is 785. The van der Waals surface area contributed by atoms with Crippen LogP contribution in [0.25, 0.3) is 10.8 Å². The summed E-state index contributed by atoms with van der Waals surface area (Å²) in [6.07, 6.45) is -0.513. The molecule has 0 unspecified atom stereocenters. The second-order valence-electron chi connectivity index (χ2n) is 5.66. The van der Waals surface area contributed by atoms with Gasteiger partial charge in [-0.15, -0.1) is 0 Å². The Balaban J connectivity index is 1.27. The molecule has 1 aliphatic heterocycles. The molecule has 3 nitrogen and oxygen atoms in total. The van der Waals surface area contributed by atoms with Gasteiger partial charge in [0.1, 0.15) is 0 Å². The molecule has 1 saturated heterocycles. The van der Waals surface area contributed by atoms with Crippen molar-refractivity contribution in [2.45, 2.75) is 25.8 Å². The standard InChI is InChI=1S/C20H18O3/c1-2-6-15(7-3-1)13-21-19-20(23-19)22-14-16-10-11-17-8-4-5-9-18(17)12-16/h1-12,19-20H,13-14H2/t19-,20-/m0/s1. The van der Waals surface area contributed by atoms with Gasteiger partial charge in [0.15, 0.2) is 0 Å². The van der Waals surface area contributed by atoms with Crippen LogP contribution in [-0.4, -0.2) is 12.6 Å². The van der Waals surface area contributed by atoms with E-state index in [1.54, 1.807) is 0 Å². The molecule has 3 aromatic rings. The molecule has 3 heteroatoms. The number of epoxide rings is 1. The monoisotopic (exact) mass is 306 g/mol. The molecule has 4 rings (SSSR count). The first kappa shape index (κ1) is 14.4. The van der Waals surface area contributed by atoms with E-state index in [1.165, 1.54) is 10.8 Å². The van der Waals surface area contributed by atoms with Crippen LogP contribution in [0.5, 0.6) is 0 Å². The topological polar surface area (TPSA) is 31.0 Å². The zero-order chi connectivity index (χ0) is 15.5. The van der Waals surface area contributed by atoms with Crippen LogP contribution in [0, 0.1) is 0 Å². The summed E-state index contributed by atoms with van der Waals surface area (Å²) < 4.78 is 16.8. The Morgan fingerprint density at radius 1 is 0.652 bits per heavy atom. The quantitative estimate of drug-likeness (QED) is 0.638. The molecule has 1 heterocycles. The molecule has 2 atom stereocenters. The molecule has 23 heavy (non-hydrogen) atoms. The van der Waals surface area contributed by atoms with Gasteiger partial charge in [0.2, 0.25) is 12.6 Å². The van der Waals surface area contributed by atoms with E-state index in [0.29, 0.717) is 13.2 Å². The average molecular weight is 306 g/mol. The van der Waals surface area contributed by atoms with Crippen LogP contribution >= 0.6 is 0 Å². The molecule has 1 fully saturated rings. The largest absolute Gasteiger partial charge is 0.343 e. The number of fused-ring (bicyclic) bond motifs is 1. The van der Waals surface area contributed by atoms with Crippen LogP contribution in [0.2, 0.25) is 0 Å². The van der Waals surface area contributed by atoms with Crippen molar-refractivity contribution in [3.05, 3.63) is 83.9 Å². The molecular weight excluding hydrogens is 288 g/mol. The Hall–Kier alpha value is -2.20. The van der Waals surface area contributed by atoms with Crippen molar-refractivity contribution >= 4 is 10.8 Å². The van der Waals surface area contributed by atoms with E-state index in [-0.39, 0.29) is 12.6 Å². The number of hydrogen-bond donors (Lipinski definition) is 0. The van der Waals surface area contributed by atoms with Gasteiger partial charge in [0.25, 0.3) is 0 Å². The molecule has 1 aliphatic rings. The SMILES string of the molecule is c1ccc(CO[C@H]2O[C@@H]2OCc2ccc3ccccc3c2)cc1. The summed E-state index contributed by atoms with van der Waals surface area (Å²) in [5.74, 6) is 0. The lowest BCUT2D eigenvalue weighted by molar-refractivity contribution is 0.0292. The minimum Gasteiger partial charge on any atom is -0.343 e. The first-order chi connectivity index (χ1) is 11.4. The van der Waals surface area contributed by atoms with Crippen molar-refractivity contribution in [2.24, 2.45) is 0 Å². The fraction of sp³-hybridized carbons (Fsp3) is 0.200. The van der Waals surface area contributed by atoms with Gasteiger partial charge in [-0.2, -0.15) is 0 Å². The van der Waals surface area contributed by atoms with Crippen LogP contribution in [0.15, 0.2) is 72.8 Å². The molecule has 0 bridgehead atoms. The van der Waals surface area contributed by atoms with E-state index >= 15 is 0 Å².